The van der Waals surface area contributed by atoms with Gasteiger partial charge in [-0.3, -0.25) is 0 Å². The topological polar surface area (TPSA) is 18.5 Å². The normalized spacial score (nSPS) is 31.6. The lowest BCUT2D eigenvalue weighted by molar-refractivity contribution is 0.00578. The van der Waals surface area contributed by atoms with E-state index < -0.39 is 0 Å². The number of hydrogen-bond acceptors (Lipinski definition) is 2. The molecule has 0 aromatic carbocycles. The summed E-state index contributed by atoms with van der Waals surface area (Å²) in [6.07, 6.45) is 3.51. The molecule has 0 amide bonds. The van der Waals surface area contributed by atoms with Crippen LogP contribution in [0.15, 0.2) is 11.5 Å². The Labute approximate surface area is 112 Å². The molecule has 1 saturated heterocycles. The second-order valence-corrected chi connectivity index (χ2v) is 8.24. The lowest BCUT2D eigenvalue weighted by atomic mass is 9.65. The average molecular weight is 250 g/mol. The monoisotopic (exact) mass is 250 g/mol. The molecule has 0 saturated carbocycles. The summed E-state index contributed by atoms with van der Waals surface area (Å²) < 4.78 is 12.4. The standard InChI is InChI=1S/C15H27BO2/c1-12(2)9-11(13(3,4)10-12)16-17-14(5,6)15(7,8)18-16/h9H,10H2,1-8H3. The molecule has 0 aromatic heterocycles. The third kappa shape index (κ3) is 2.16. The maximum absolute atomic E-state index is 6.19. The minimum atomic E-state index is -0.249. The van der Waals surface area contributed by atoms with Crippen molar-refractivity contribution in [2.24, 2.45) is 10.8 Å². The highest BCUT2D eigenvalue weighted by molar-refractivity contribution is 6.55. The predicted molar refractivity (Wildman–Crippen MR) is 76.3 cm³/mol. The summed E-state index contributed by atoms with van der Waals surface area (Å²) in [5.74, 6) is 0. The first-order chi connectivity index (χ1) is 7.86. The highest BCUT2D eigenvalue weighted by Gasteiger charge is 2.56. The molecular formula is C15H27BO2. The Bertz CT molecular complexity index is 375. The molecule has 0 unspecified atom stereocenters. The van der Waals surface area contributed by atoms with E-state index in [0.29, 0.717) is 0 Å². The zero-order chi connectivity index (χ0) is 14.0. The molecule has 1 fully saturated rings. The van der Waals surface area contributed by atoms with Crippen molar-refractivity contribution < 1.29 is 9.31 Å². The molecule has 2 nitrogen and oxygen atoms in total. The van der Waals surface area contributed by atoms with Crippen molar-refractivity contribution in [3.8, 4) is 0 Å². The molecule has 3 heteroatoms. The van der Waals surface area contributed by atoms with Gasteiger partial charge in [-0.1, -0.05) is 33.8 Å². The molecule has 2 rings (SSSR count). The van der Waals surface area contributed by atoms with Crippen LogP contribution < -0.4 is 0 Å². The Kier molecular flexibility index (Phi) is 2.86. The first-order valence-corrected chi connectivity index (χ1v) is 6.95. The molecule has 18 heavy (non-hydrogen) atoms. The lowest BCUT2D eigenvalue weighted by Crippen LogP contribution is -2.41. The maximum atomic E-state index is 6.19. The van der Waals surface area contributed by atoms with Crippen molar-refractivity contribution >= 4 is 7.12 Å². The van der Waals surface area contributed by atoms with E-state index in [0.717, 1.165) is 6.42 Å². The summed E-state index contributed by atoms with van der Waals surface area (Å²) in [7, 11) is -0.188. The number of hydrogen-bond donors (Lipinski definition) is 0. The van der Waals surface area contributed by atoms with Crippen molar-refractivity contribution in [3.63, 3.8) is 0 Å². The molecule has 1 aliphatic heterocycles. The predicted octanol–water partition coefficient (Wildman–Crippen LogP) is 4.00. The summed E-state index contributed by atoms with van der Waals surface area (Å²) in [6.45, 7) is 17.6. The highest BCUT2D eigenvalue weighted by Crippen LogP contribution is 2.51. The maximum Gasteiger partial charge on any atom is 0.490 e. The van der Waals surface area contributed by atoms with Crippen LogP contribution >= 0.6 is 0 Å². The summed E-state index contributed by atoms with van der Waals surface area (Å²) in [4.78, 5) is 0. The van der Waals surface area contributed by atoms with Crippen LogP contribution in [-0.4, -0.2) is 18.3 Å². The van der Waals surface area contributed by atoms with Gasteiger partial charge in [-0.25, -0.2) is 0 Å². The van der Waals surface area contributed by atoms with Gasteiger partial charge in [-0.15, -0.1) is 0 Å². The van der Waals surface area contributed by atoms with E-state index in [1.165, 1.54) is 5.47 Å². The molecule has 0 radical (unpaired) electrons. The van der Waals surface area contributed by atoms with Gasteiger partial charge in [0.05, 0.1) is 11.2 Å². The van der Waals surface area contributed by atoms with Gasteiger partial charge in [-0.05, 0) is 50.4 Å². The van der Waals surface area contributed by atoms with Crippen LogP contribution in [0.4, 0.5) is 0 Å². The van der Waals surface area contributed by atoms with Crippen LogP contribution in [0.5, 0.6) is 0 Å². The second-order valence-electron chi connectivity index (χ2n) is 8.24. The molecule has 2 aliphatic rings. The first-order valence-electron chi connectivity index (χ1n) is 6.95. The fourth-order valence-electron chi connectivity index (χ4n) is 3.27. The Morgan fingerprint density at radius 1 is 0.889 bits per heavy atom. The Balaban J connectivity index is 2.30. The zero-order valence-corrected chi connectivity index (χ0v) is 13.2. The van der Waals surface area contributed by atoms with Crippen LogP contribution in [0.25, 0.3) is 0 Å². The first kappa shape index (κ1) is 14.1. The Morgan fingerprint density at radius 3 is 1.67 bits per heavy atom. The highest BCUT2D eigenvalue weighted by atomic mass is 16.7. The van der Waals surface area contributed by atoms with Crippen molar-refractivity contribution in [1.82, 2.24) is 0 Å². The van der Waals surface area contributed by atoms with Crippen molar-refractivity contribution in [3.05, 3.63) is 11.5 Å². The average Bonchev–Trinajstić information content (AvgIpc) is 2.42. The summed E-state index contributed by atoms with van der Waals surface area (Å²) in [5.41, 5.74) is 1.21. The molecule has 0 atom stereocenters. The minimum Gasteiger partial charge on any atom is -0.400 e. The van der Waals surface area contributed by atoms with Crippen molar-refractivity contribution in [2.45, 2.75) is 73.0 Å². The van der Waals surface area contributed by atoms with E-state index >= 15 is 0 Å². The third-order valence-corrected chi connectivity index (χ3v) is 4.73. The smallest absolute Gasteiger partial charge is 0.400 e. The van der Waals surface area contributed by atoms with Gasteiger partial charge in [0.2, 0.25) is 0 Å². The fraction of sp³-hybridized carbons (Fsp3) is 0.867. The van der Waals surface area contributed by atoms with Crippen molar-refractivity contribution in [2.75, 3.05) is 0 Å². The van der Waals surface area contributed by atoms with Gasteiger partial charge in [-0.2, -0.15) is 0 Å². The number of allylic oxidation sites excluding steroid dienone is 2. The van der Waals surface area contributed by atoms with Gasteiger partial charge in [0.15, 0.2) is 0 Å². The van der Waals surface area contributed by atoms with E-state index in [2.05, 4.69) is 61.5 Å². The largest absolute Gasteiger partial charge is 0.490 e. The molecule has 1 heterocycles. The molecule has 0 bridgehead atoms. The van der Waals surface area contributed by atoms with Crippen LogP contribution in [0.3, 0.4) is 0 Å². The van der Waals surface area contributed by atoms with Crippen LogP contribution in [0.2, 0.25) is 0 Å². The molecule has 102 valence electrons. The van der Waals surface area contributed by atoms with Crippen molar-refractivity contribution in [1.29, 1.82) is 0 Å². The summed E-state index contributed by atoms with van der Waals surface area (Å²) in [6, 6.07) is 0. The lowest BCUT2D eigenvalue weighted by Gasteiger charge is -2.32. The fourth-order valence-corrected chi connectivity index (χ4v) is 3.27. The van der Waals surface area contributed by atoms with Gasteiger partial charge in [0.25, 0.3) is 0 Å². The minimum absolute atomic E-state index is 0.157. The zero-order valence-electron chi connectivity index (χ0n) is 13.2. The van der Waals surface area contributed by atoms with Gasteiger partial charge < -0.3 is 9.31 Å². The second kappa shape index (κ2) is 3.64. The van der Waals surface area contributed by atoms with Gasteiger partial charge >= 0.3 is 7.12 Å². The van der Waals surface area contributed by atoms with Crippen LogP contribution in [-0.2, 0) is 9.31 Å². The molecule has 0 aromatic rings. The molecule has 1 aliphatic carbocycles. The molecule has 0 N–H and O–H groups in total. The van der Waals surface area contributed by atoms with E-state index in [1.807, 2.05) is 0 Å². The van der Waals surface area contributed by atoms with Gasteiger partial charge in [0.1, 0.15) is 0 Å². The van der Waals surface area contributed by atoms with E-state index in [-0.39, 0.29) is 29.2 Å². The molecule has 0 spiro atoms. The van der Waals surface area contributed by atoms with E-state index in [4.69, 9.17) is 9.31 Å². The molecular weight excluding hydrogens is 223 g/mol. The van der Waals surface area contributed by atoms with Crippen LogP contribution in [0.1, 0.15) is 61.8 Å². The van der Waals surface area contributed by atoms with E-state index in [9.17, 15) is 0 Å². The Hall–Kier alpha value is -0.275. The third-order valence-electron chi connectivity index (χ3n) is 4.73. The quantitative estimate of drug-likeness (QED) is 0.655. The number of rotatable bonds is 1. The van der Waals surface area contributed by atoms with E-state index in [1.54, 1.807) is 0 Å². The van der Waals surface area contributed by atoms with Crippen LogP contribution in [0, 0.1) is 10.8 Å². The summed E-state index contributed by atoms with van der Waals surface area (Å²) >= 11 is 0. The Morgan fingerprint density at radius 2 is 1.33 bits per heavy atom. The SMILES string of the molecule is CC1(C)C=C(B2OC(C)(C)C(C)(C)O2)C(C)(C)C1. The van der Waals surface area contributed by atoms with Gasteiger partial charge in [0, 0.05) is 0 Å². The summed E-state index contributed by atoms with van der Waals surface area (Å²) in [5, 5.41) is 0.